The number of Topliss-reactive ketones (excluding diaryl/α,β-unsaturated/α-hetero) is 1. The second-order valence-electron chi connectivity index (χ2n) is 5.85. The highest BCUT2D eigenvalue weighted by Crippen LogP contribution is 2.35. The summed E-state index contributed by atoms with van der Waals surface area (Å²) < 4.78 is 5.36. The van der Waals surface area contributed by atoms with Crippen LogP contribution in [0.1, 0.15) is 49.9 Å². The van der Waals surface area contributed by atoms with E-state index in [4.69, 9.17) is 4.74 Å². The molecule has 1 aromatic carbocycles. The number of nitrogens with zero attached hydrogens (tertiary/aromatic N) is 1. The standard InChI is InChI=1S/C17H25NO2/c1-12-8-5-6-9-14(12)18(3)15-10-7-11-16(20-4)17(15)13(2)19/h7,10-12,14H,5-6,8-9H2,1-4H3. The molecule has 1 aliphatic carbocycles. The molecule has 0 amide bonds. The number of benzene rings is 1. The molecule has 0 bridgehead atoms. The van der Waals surface area contributed by atoms with Crippen molar-refractivity contribution in [2.75, 3.05) is 19.1 Å². The van der Waals surface area contributed by atoms with E-state index in [1.54, 1.807) is 14.0 Å². The second kappa shape index (κ2) is 6.29. The highest BCUT2D eigenvalue weighted by molar-refractivity contribution is 6.02. The topological polar surface area (TPSA) is 29.5 Å². The van der Waals surface area contributed by atoms with E-state index in [9.17, 15) is 4.79 Å². The number of ether oxygens (including phenoxy) is 1. The van der Waals surface area contributed by atoms with Crippen LogP contribution < -0.4 is 9.64 Å². The fourth-order valence-corrected chi connectivity index (χ4v) is 3.39. The zero-order valence-electron chi connectivity index (χ0n) is 13.0. The summed E-state index contributed by atoms with van der Waals surface area (Å²) in [7, 11) is 3.72. The predicted molar refractivity (Wildman–Crippen MR) is 82.8 cm³/mol. The Morgan fingerprint density at radius 3 is 2.60 bits per heavy atom. The molecule has 0 N–H and O–H groups in total. The second-order valence-corrected chi connectivity index (χ2v) is 5.85. The van der Waals surface area contributed by atoms with E-state index >= 15 is 0 Å². The lowest BCUT2D eigenvalue weighted by atomic mass is 9.84. The molecule has 20 heavy (non-hydrogen) atoms. The fraction of sp³-hybridized carbons (Fsp3) is 0.588. The van der Waals surface area contributed by atoms with Crippen molar-refractivity contribution in [1.29, 1.82) is 0 Å². The Morgan fingerprint density at radius 2 is 2.00 bits per heavy atom. The minimum Gasteiger partial charge on any atom is -0.496 e. The molecular formula is C17H25NO2. The van der Waals surface area contributed by atoms with E-state index in [1.807, 2.05) is 18.2 Å². The molecule has 2 unspecified atom stereocenters. The Bertz CT molecular complexity index is 484. The Balaban J connectivity index is 2.38. The van der Waals surface area contributed by atoms with Gasteiger partial charge in [0.2, 0.25) is 0 Å². The number of rotatable bonds is 4. The molecule has 0 radical (unpaired) electrons. The van der Waals surface area contributed by atoms with Gasteiger partial charge in [-0.1, -0.05) is 25.8 Å². The molecule has 1 aliphatic rings. The van der Waals surface area contributed by atoms with Crippen molar-refractivity contribution in [2.45, 2.75) is 45.6 Å². The summed E-state index contributed by atoms with van der Waals surface area (Å²) in [5, 5.41) is 0. The summed E-state index contributed by atoms with van der Waals surface area (Å²) in [6.07, 6.45) is 5.07. The van der Waals surface area contributed by atoms with E-state index in [0.717, 1.165) is 5.69 Å². The number of methoxy groups -OCH3 is 1. The highest BCUT2D eigenvalue weighted by atomic mass is 16.5. The zero-order chi connectivity index (χ0) is 14.7. The first-order chi connectivity index (χ1) is 9.56. The van der Waals surface area contributed by atoms with Crippen molar-refractivity contribution in [3.8, 4) is 5.75 Å². The minimum absolute atomic E-state index is 0.0627. The molecule has 2 atom stereocenters. The van der Waals surface area contributed by atoms with Crippen LogP contribution in [-0.2, 0) is 0 Å². The lowest BCUT2D eigenvalue weighted by molar-refractivity contribution is 0.101. The third-order valence-corrected chi connectivity index (χ3v) is 4.52. The SMILES string of the molecule is COc1cccc(N(C)C2CCCCC2C)c1C(C)=O. The Labute approximate surface area is 121 Å². The van der Waals surface area contributed by atoms with Gasteiger partial charge in [-0.2, -0.15) is 0 Å². The first-order valence-electron chi connectivity index (χ1n) is 7.47. The van der Waals surface area contributed by atoms with Crippen LogP contribution in [0.5, 0.6) is 5.75 Å². The van der Waals surface area contributed by atoms with Gasteiger partial charge < -0.3 is 9.64 Å². The molecular weight excluding hydrogens is 250 g/mol. The third-order valence-electron chi connectivity index (χ3n) is 4.52. The quantitative estimate of drug-likeness (QED) is 0.780. The van der Waals surface area contributed by atoms with Crippen molar-refractivity contribution in [3.05, 3.63) is 23.8 Å². The van der Waals surface area contributed by atoms with Gasteiger partial charge in [0.05, 0.1) is 18.4 Å². The van der Waals surface area contributed by atoms with Crippen LogP contribution >= 0.6 is 0 Å². The number of ketones is 1. The first kappa shape index (κ1) is 14.9. The van der Waals surface area contributed by atoms with Crippen molar-refractivity contribution < 1.29 is 9.53 Å². The first-order valence-corrected chi connectivity index (χ1v) is 7.47. The van der Waals surface area contributed by atoms with Crippen molar-refractivity contribution in [3.63, 3.8) is 0 Å². The molecule has 0 aliphatic heterocycles. The van der Waals surface area contributed by atoms with Gasteiger partial charge in [-0.3, -0.25) is 4.79 Å². The van der Waals surface area contributed by atoms with Gasteiger partial charge in [0.15, 0.2) is 5.78 Å². The third kappa shape index (κ3) is 2.82. The Morgan fingerprint density at radius 1 is 1.30 bits per heavy atom. The average Bonchev–Trinajstić information content (AvgIpc) is 2.46. The number of hydrogen-bond donors (Lipinski definition) is 0. The number of anilines is 1. The van der Waals surface area contributed by atoms with Gasteiger partial charge in [-0.25, -0.2) is 0 Å². The normalized spacial score (nSPS) is 22.4. The monoisotopic (exact) mass is 275 g/mol. The van der Waals surface area contributed by atoms with Crippen LogP contribution in [0, 0.1) is 5.92 Å². The van der Waals surface area contributed by atoms with E-state index in [0.29, 0.717) is 23.3 Å². The predicted octanol–water partition coefficient (Wildman–Crippen LogP) is 3.91. The van der Waals surface area contributed by atoms with Gasteiger partial charge in [0.1, 0.15) is 5.75 Å². The summed E-state index contributed by atoms with van der Waals surface area (Å²) in [5.74, 6) is 1.40. The molecule has 110 valence electrons. The smallest absolute Gasteiger partial charge is 0.165 e. The maximum absolute atomic E-state index is 12.0. The number of carbonyl (C=O) groups excluding carboxylic acids is 1. The largest absolute Gasteiger partial charge is 0.496 e. The highest BCUT2D eigenvalue weighted by Gasteiger charge is 2.27. The van der Waals surface area contributed by atoms with E-state index in [2.05, 4.69) is 18.9 Å². The summed E-state index contributed by atoms with van der Waals surface area (Å²) in [6.45, 7) is 3.92. The average molecular weight is 275 g/mol. The maximum atomic E-state index is 12.0. The number of carbonyl (C=O) groups is 1. The van der Waals surface area contributed by atoms with Crippen LogP contribution in [0.25, 0.3) is 0 Å². The van der Waals surface area contributed by atoms with E-state index < -0.39 is 0 Å². The summed E-state index contributed by atoms with van der Waals surface area (Å²) in [4.78, 5) is 14.3. The zero-order valence-corrected chi connectivity index (χ0v) is 13.0. The minimum atomic E-state index is 0.0627. The Hall–Kier alpha value is -1.51. The Kier molecular flexibility index (Phi) is 4.69. The van der Waals surface area contributed by atoms with Gasteiger partial charge >= 0.3 is 0 Å². The molecule has 0 aromatic heterocycles. The van der Waals surface area contributed by atoms with Crippen LogP contribution in [-0.4, -0.2) is 26.0 Å². The van der Waals surface area contributed by atoms with Crippen molar-refractivity contribution in [2.24, 2.45) is 5.92 Å². The van der Waals surface area contributed by atoms with E-state index in [-0.39, 0.29) is 5.78 Å². The molecule has 0 spiro atoms. The fourth-order valence-electron chi connectivity index (χ4n) is 3.39. The molecule has 1 saturated carbocycles. The van der Waals surface area contributed by atoms with Gasteiger partial charge in [-0.15, -0.1) is 0 Å². The van der Waals surface area contributed by atoms with Gasteiger partial charge in [-0.05, 0) is 37.8 Å². The van der Waals surface area contributed by atoms with Crippen LogP contribution in [0.4, 0.5) is 5.69 Å². The van der Waals surface area contributed by atoms with Crippen LogP contribution in [0.3, 0.4) is 0 Å². The van der Waals surface area contributed by atoms with Gasteiger partial charge in [0.25, 0.3) is 0 Å². The molecule has 1 aromatic rings. The summed E-state index contributed by atoms with van der Waals surface area (Å²) in [5.41, 5.74) is 1.70. The van der Waals surface area contributed by atoms with Crippen molar-refractivity contribution in [1.82, 2.24) is 0 Å². The number of hydrogen-bond acceptors (Lipinski definition) is 3. The molecule has 3 heteroatoms. The summed E-state index contributed by atoms with van der Waals surface area (Å²) in [6, 6.07) is 6.36. The molecule has 0 saturated heterocycles. The molecule has 1 fully saturated rings. The van der Waals surface area contributed by atoms with Crippen LogP contribution in [0.15, 0.2) is 18.2 Å². The van der Waals surface area contributed by atoms with Crippen LogP contribution in [0.2, 0.25) is 0 Å². The molecule has 2 rings (SSSR count). The lowest BCUT2D eigenvalue weighted by Crippen LogP contribution is -2.39. The molecule has 3 nitrogen and oxygen atoms in total. The summed E-state index contributed by atoms with van der Waals surface area (Å²) >= 11 is 0. The molecule has 0 heterocycles. The van der Waals surface area contributed by atoms with E-state index in [1.165, 1.54) is 25.7 Å². The van der Waals surface area contributed by atoms with Gasteiger partial charge in [0, 0.05) is 13.1 Å². The maximum Gasteiger partial charge on any atom is 0.165 e. The lowest BCUT2D eigenvalue weighted by Gasteiger charge is -2.38. The van der Waals surface area contributed by atoms with Crippen molar-refractivity contribution >= 4 is 11.5 Å².